The Kier molecular flexibility index (Phi) is 4.17. The predicted molar refractivity (Wildman–Crippen MR) is 78.0 cm³/mol. The minimum atomic E-state index is -0.0331. The lowest BCUT2D eigenvalue weighted by molar-refractivity contribution is 1.37. The summed E-state index contributed by atoms with van der Waals surface area (Å²) in [5.74, 6) is -0.0331. The van der Waals surface area contributed by atoms with E-state index in [2.05, 4.69) is 0 Å². The van der Waals surface area contributed by atoms with Gasteiger partial charge in [-0.2, -0.15) is 0 Å². The van der Waals surface area contributed by atoms with E-state index < -0.39 is 0 Å². The van der Waals surface area contributed by atoms with Crippen molar-refractivity contribution in [2.75, 3.05) is 0 Å². The van der Waals surface area contributed by atoms with Crippen molar-refractivity contribution in [3.8, 4) is 0 Å². The van der Waals surface area contributed by atoms with E-state index in [-0.39, 0.29) is 5.84 Å². The van der Waals surface area contributed by atoms with Crippen LogP contribution in [0.5, 0.6) is 0 Å². The Morgan fingerprint density at radius 2 is 1.78 bits per heavy atom. The summed E-state index contributed by atoms with van der Waals surface area (Å²) in [6.45, 7) is 0. The second-order valence-corrected chi connectivity index (χ2v) is 5.52. The highest BCUT2D eigenvalue weighted by atomic mass is 35.5. The van der Waals surface area contributed by atoms with Crippen molar-refractivity contribution in [1.29, 1.82) is 5.41 Å². The number of nitrogens with one attached hydrogen (secondary N) is 1. The standard InChI is InChI=1S/C13H10Cl2N2S/c14-10-3-1-2-4-12(10)18-8-5-6-9(13(16)17)11(15)7-8/h1-7H,(H3,16,17). The van der Waals surface area contributed by atoms with Gasteiger partial charge in [-0.25, -0.2) is 0 Å². The maximum atomic E-state index is 7.37. The first kappa shape index (κ1) is 13.3. The van der Waals surface area contributed by atoms with Crippen molar-refractivity contribution < 1.29 is 0 Å². The lowest BCUT2D eigenvalue weighted by Crippen LogP contribution is -2.11. The van der Waals surface area contributed by atoms with E-state index in [0.717, 1.165) is 9.79 Å². The summed E-state index contributed by atoms with van der Waals surface area (Å²) in [6.07, 6.45) is 0. The summed E-state index contributed by atoms with van der Waals surface area (Å²) < 4.78 is 0. The summed E-state index contributed by atoms with van der Waals surface area (Å²) in [5, 5.41) is 8.54. The third-order valence-electron chi connectivity index (χ3n) is 2.30. The highest BCUT2D eigenvalue weighted by Crippen LogP contribution is 2.34. The molecule has 5 heteroatoms. The zero-order valence-corrected chi connectivity index (χ0v) is 11.6. The molecule has 2 nitrogen and oxygen atoms in total. The lowest BCUT2D eigenvalue weighted by Gasteiger charge is -2.06. The van der Waals surface area contributed by atoms with Crippen molar-refractivity contribution >= 4 is 40.8 Å². The van der Waals surface area contributed by atoms with E-state index in [1.807, 2.05) is 30.3 Å². The van der Waals surface area contributed by atoms with Crippen LogP contribution in [0.4, 0.5) is 0 Å². The predicted octanol–water partition coefficient (Wildman–Crippen LogP) is 4.43. The first-order chi connectivity index (χ1) is 8.58. The molecule has 0 amide bonds. The number of nitrogens with two attached hydrogens (primary N) is 1. The van der Waals surface area contributed by atoms with Crippen molar-refractivity contribution in [3.05, 3.63) is 58.1 Å². The number of nitrogen functional groups attached to an aromatic ring is 1. The molecule has 0 radical (unpaired) electrons. The number of amidine groups is 1. The summed E-state index contributed by atoms with van der Waals surface area (Å²) >= 11 is 13.7. The van der Waals surface area contributed by atoms with Crippen LogP contribution in [0.25, 0.3) is 0 Å². The molecular formula is C13H10Cl2N2S. The Labute approximate surface area is 120 Å². The zero-order chi connectivity index (χ0) is 13.1. The van der Waals surface area contributed by atoms with Gasteiger partial charge < -0.3 is 5.73 Å². The van der Waals surface area contributed by atoms with Crippen molar-refractivity contribution in [2.24, 2.45) is 5.73 Å². The van der Waals surface area contributed by atoms with Crippen molar-refractivity contribution in [2.45, 2.75) is 9.79 Å². The van der Waals surface area contributed by atoms with Gasteiger partial charge in [0.15, 0.2) is 0 Å². The van der Waals surface area contributed by atoms with Crippen LogP contribution in [0.2, 0.25) is 10.0 Å². The fourth-order valence-corrected chi connectivity index (χ4v) is 2.91. The van der Waals surface area contributed by atoms with Gasteiger partial charge in [0, 0.05) is 15.4 Å². The van der Waals surface area contributed by atoms with Gasteiger partial charge in [-0.05, 0) is 30.3 Å². The molecule has 2 aromatic rings. The smallest absolute Gasteiger partial charge is 0.124 e. The fraction of sp³-hybridized carbons (Fsp3) is 0. The van der Waals surface area contributed by atoms with E-state index in [1.54, 1.807) is 12.1 Å². The molecule has 0 fully saturated rings. The zero-order valence-electron chi connectivity index (χ0n) is 9.28. The van der Waals surface area contributed by atoms with Crippen LogP contribution in [0.1, 0.15) is 5.56 Å². The van der Waals surface area contributed by atoms with E-state index in [4.69, 9.17) is 34.3 Å². The molecule has 0 saturated heterocycles. The third-order valence-corrected chi connectivity index (χ3v) is 4.12. The normalized spacial score (nSPS) is 10.3. The summed E-state index contributed by atoms with van der Waals surface area (Å²) in [5.41, 5.74) is 5.95. The topological polar surface area (TPSA) is 49.9 Å². The van der Waals surface area contributed by atoms with E-state index >= 15 is 0 Å². The molecular weight excluding hydrogens is 287 g/mol. The highest BCUT2D eigenvalue weighted by Gasteiger charge is 2.07. The molecule has 0 spiro atoms. The second kappa shape index (κ2) is 5.65. The molecule has 0 aromatic heterocycles. The van der Waals surface area contributed by atoms with Crippen molar-refractivity contribution in [3.63, 3.8) is 0 Å². The molecule has 18 heavy (non-hydrogen) atoms. The van der Waals surface area contributed by atoms with E-state index in [1.165, 1.54) is 11.8 Å². The fourth-order valence-electron chi connectivity index (χ4n) is 1.43. The average Bonchev–Trinajstić information content (AvgIpc) is 2.32. The van der Waals surface area contributed by atoms with Gasteiger partial charge in [0.05, 0.1) is 10.0 Å². The van der Waals surface area contributed by atoms with Crippen LogP contribution in [0.3, 0.4) is 0 Å². The molecule has 2 aromatic carbocycles. The quantitative estimate of drug-likeness (QED) is 0.650. The van der Waals surface area contributed by atoms with E-state index in [0.29, 0.717) is 15.6 Å². The van der Waals surface area contributed by atoms with Gasteiger partial charge in [0.1, 0.15) is 5.84 Å². The van der Waals surface area contributed by atoms with Gasteiger partial charge in [0.2, 0.25) is 0 Å². The molecule has 0 unspecified atom stereocenters. The largest absolute Gasteiger partial charge is 0.384 e. The van der Waals surface area contributed by atoms with E-state index in [9.17, 15) is 0 Å². The van der Waals surface area contributed by atoms with Gasteiger partial charge in [-0.1, -0.05) is 47.1 Å². The minimum absolute atomic E-state index is 0.0331. The Bertz CT molecular complexity index is 599. The van der Waals surface area contributed by atoms with Crippen LogP contribution in [-0.2, 0) is 0 Å². The van der Waals surface area contributed by atoms with Crippen LogP contribution >= 0.6 is 35.0 Å². The molecule has 0 aliphatic carbocycles. The number of halogens is 2. The molecule has 3 N–H and O–H groups in total. The van der Waals surface area contributed by atoms with Crippen LogP contribution in [-0.4, -0.2) is 5.84 Å². The van der Waals surface area contributed by atoms with Crippen LogP contribution in [0, 0.1) is 5.41 Å². The van der Waals surface area contributed by atoms with Gasteiger partial charge in [-0.3, -0.25) is 5.41 Å². The Hall–Kier alpha value is -1.16. The maximum absolute atomic E-state index is 7.37. The molecule has 2 rings (SSSR count). The monoisotopic (exact) mass is 296 g/mol. The molecule has 0 aliphatic heterocycles. The SMILES string of the molecule is N=C(N)c1ccc(Sc2ccccc2Cl)cc1Cl. The molecule has 0 atom stereocenters. The molecule has 0 bridgehead atoms. The summed E-state index contributed by atoms with van der Waals surface area (Å²) in [7, 11) is 0. The highest BCUT2D eigenvalue weighted by molar-refractivity contribution is 7.99. The minimum Gasteiger partial charge on any atom is -0.384 e. The van der Waals surface area contributed by atoms with Gasteiger partial charge in [-0.15, -0.1) is 0 Å². The Balaban J connectivity index is 2.29. The first-order valence-electron chi connectivity index (χ1n) is 5.14. The average molecular weight is 297 g/mol. The Morgan fingerprint density at radius 3 is 2.39 bits per heavy atom. The van der Waals surface area contributed by atoms with Gasteiger partial charge in [0.25, 0.3) is 0 Å². The lowest BCUT2D eigenvalue weighted by atomic mass is 10.2. The molecule has 0 saturated carbocycles. The number of hydrogen-bond donors (Lipinski definition) is 2. The number of rotatable bonds is 3. The molecule has 0 aliphatic rings. The second-order valence-electron chi connectivity index (χ2n) is 3.59. The Morgan fingerprint density at radius 1 is 1.06 bits per heavy atom. The summed E-state index contributed by atoms with van der Waals surface area (Å²) in [4.78, 5) is 1.92. The summed E-state index contributed by atoms with van der Waals surface area (Å²) in [6, 6.07) is 13.0. The maximum Gasteiger partial charge on any atom is 0.124 e. The molecule has 0 heterocycles. The third kappa shape index (κ3) is 2.99. The van der Waals surface area contributed by atoms with Crippen LogP contribution in [0.15, 0.2) is 52.3 Å². The molecule has 92 valence electrons. The first-order valence-corrected chi connectivity index (χ1v) is 6.71. The van der Waals surface area contributed by atoms with Crippen molar-refractivity contribution in [1.82, 2.24) is 0 Å². The van der Waals surface area contributed by atoms with Crippen LogP contribution < -0.4 is 5.73 Å². The number of benzene rings is 2. The number of hydrogen-bond acceptors (Lipinski definition) is 2. The van der Waals surface area contributed by atoms with Gasteiger partial charge >= 0.3 is 0 Å².